The number of aromatic amines is 1. The van der Waals surface area contributed by atoms with Gasteiger partial charge in [0.15, 0.2) is 0 Å². The van der Waals surface area contributed by atoms with Crippen molar-refractivity contribution in [1.29, 1.82) is 0 Å². The maximum Gasteiger partial charge on any atom is 0.106 e. The van der Waals surface area contributed by atoms with E-state index in [4.69, 9.17) is 7.85 Å². The van der Waals surface area contributed by atoms with E-state index in [2.05, 4.69) is 77.3 Å². The van der Waals surface area contributed by atoms with Gasteiger partial charge in [0, 0.05) is 29.2 Å². The first-order valence-corrected chi connectivity index (χ1v) is 8.07. The molecule has 1 aliphatic heterocycles. The van der Waals surface area contributed by atoms with Crippen LogP contribution < -0.4 is 4.90 Å². The Morgan fingerprint density at radius 1 is 1.22 bits per heavy atom. The van der Waals surface area contributed by atoms with Crippen LogP contribution in [-0.4, -0.2) is 18.9 Å². The van der Waals surface area contributed by atoms with Crippen LogP contribution in [0.2, 0.25) is 0 Å². The van der Waals surface area contributed by atoms with E-state index >= 15 is 0 Å². The van der Waals surface area contributed by atoms with Gasteiger partial charge in [-0.3, -0.25) is 0 Å². The van der Waals surface area contributed by atoms with Crippen molar-refractivity contribution < 1.29 is 0 Å². The van der Waals surface area contributed by atoms with Gasteiger partial charge in [0.25, 0.3) is 0 Å². The molecule has 2 heterocycles. The van der Waals surface area contributed by atoms with Gasteiger partial charge >= 0.3 is 0 Å². The van der Waals surface area contributed by atoms with E-state index < -0.39 is 0 Å². The second-order valence-corrected chi connectivity index (χ2v) is 6.28. The Hall–Kier alpha value is -2.42. The first-order chi connectivity index (χ1) is 11.2. The summed E-state index contributed by atoms with van der Waals surface area (Å²) < 4.78 is 0. The van der Waals surface area contributed by atoms with Gasteiger partial charge < -0.3 is 9.88 Å². The number of anilines is 1. The summed E-state index contributed by atoms with van der Waals surface area (Å²) in [5.41, 5.74) is 5.81. The number of allylic oxidation sites excluding steroid dienone is 1. The molecular formula is C20H19BN2. The van der Waals surface area contributed by atoms with Crippen LogP contribution in [0.3, 0.4) is 0 Å². The third kappa shape index (κ3) is 2.57. The van der Waals surface area contributed by atoms with E-state index in [1.807, 2.05) is 0 Å². The predicted octanol–water partition coefficient (Wildman–Crippen LogP) is 4.14. The average molecular weight is 298 g/mol. The number of nitrogens with one attached hydrogen (secondary N) is 1. The highest BCUT2D eigenvalue weighted by molar-refractivity contribution is 6.21. The van der Waals surface area contributed by atoms with E-state index in [1.165, 1.54) is 22.6 Å². The van der Waals surface area contributed by atoms with Gasteiger partial charge in [-0.15, -0.1) is 12.1 Å². The first-order valence-electron chi connectivity index (χ1n) is 8.07. The number of H-pyrrole nitrogens is 1. The van der Waals surface area contributed by atoms with Crippen molar-refractivity contribution in [3.8, 4) is 0 Å². The summed E-state index contributed by atoms with van der Waals surface area (Å²) >= 11 is 0. The minimum absolute atomic E-state index is 0.348. The molecule has 0 saturated carbocycles. The van der Waals surface area contributed by atoms with Crippen molar-refractivity contribution in [3.05, 3.63) is 83.8 Å². The first kappa shape index (κ1) is 14.2. The summed E-state index contributed by atoms with van der Waals surface area (Å²) in [6, 6.07) is 13.1. The minimum atomic E-state index is 0.348. The maximum absolute atomic E-state index is 5.69. The van der Waals surface area contributed by atoms with Crippen molar-refractivity contribution in [1.82, 2.24) is 4.98 Å². The number of nitrogens with zero attached hydrogens (tertiary/aromatic N) is 1. The molecule has 0 fully saturated rings. The van der Waals surface area contributed by atoms with Crippen molar-refractivity contribution in [3.63, 3.8) is 0 Å². The van der Waals surface area contributed by atoms with Crippen LogP contribution in [0.15, 0.2) is 66.8 Å². The molecule has 1 aromatic heterocycles. The van der Waals surface area contributed by atoms with E-state index in [0.29, 0.717) is 12.0 Å². The zero-order chi connectivity index (χ0) is 15.8. The number of rotatable bonds is 4. The summed E-state index contributed by atoms with van der Waals surface area (Å²) in [5, 5.41) is 0. The van der Waals surface area contributed by atoms with Gasteiger partial charge in [0.05, 0.1) is 6.04 Å². The maximum atomic E-state index is 5.69. The average Bonchev–Trinajstić information content (AvgIpc) is 3.17. The fraction of sp³-hybridized carbons (Fsp3) is 0.200. The number of hydrogen-bond acceptors (Lipinski definition) is 1. The van der Waals surface area contributed by atoms with Gasteiger partial charge in [0.2, 0.25) is 0 Å². The molecule has 2 aliphatic rings. The SMILES string of the molecule is [B]C(=C)CCc1cc2c([nH]1)C1C=CN(c3ccccc3)C1C=C2. The Bertz CT molecular complexity index is 785. The standard InChI is InChI=1S/C20H19BN2/c1-14(21)7-9-16-13-15-8-10-19-18(20(15)22-16)11-12-23(19)17-5-3-2-4-6-17/h2-6,8,10-13,18-19,22H,1,7,9H2. The van der Waals surface area contributed by atoms with Gasteiger partial charge in [-0.25, -0.2) is 0 Å². The summed E-state index contributed by atoms with van der Waals surface area (Å²) in [4.78, 5) is 5.95. The van der Waals surface area contributed by atoms with E-state index in [0.717, 1.165) is 18.3 Å². The number of aryl methyl sites for hydroxylation is 1. The predicted molar refractivity (Wildman–Crippen MR) is 97.6 cm³/mol. The number of aromatic nitrogens is 1. The van der Waals surface area contributed by atoms with Crippen molar-refractivity contribution >= 4 is 19.6 Å². The quantitative estimate of drug-likeness (QED) is 0.840. The molecule has 3 heteroatoms. The molecule has 23 heavy (non-hydrogen) atoms. The zero-order valence-electron chi connectivity index (χ0n) is 13.1. The molecule has 1 aliphatic carbocycles. The van der Waals surface area contributed by atoms with Crippen molar-refractivity contribution in [2.45, 2.75) is 24.8 Å². The number of para-hydroxylation sites is 1. The van der Waals surface area contributed by atoms with E-state index in [1.54, 1.807) is 0 Å². The van der Waals surface area contributed by atoms with Gasteiger partial charge in [-0.2, -0.15) is 0 Å². The molecule has 0 saturated heterocycles. The van der Waals surface area contributed by atoms with Crippen molar-refractivity contribution in [2.24, 2.45) is 0 Å². The topological polar surface area (TPSA) is 19.0 Å². The normalized spacial score (nSPS) is 21.3. The van der Waals surface area contributed by atoms with E-state index in [-0.39, 0.29) is 0 Å². The molecule has 2 nitrogen and oxygen atoms in total. The molecule has 2 atom stereocenters. The Morgan fingerprint density at radius 2 is 2.04 bits per heavy atom. The molecular weight excluding hydrogens is 279 g/mol. The van der Waals surface area contributed by atoms with Crippen LogP contribution in [0.4, 0.5) is 5.69 Å². The molecule has 1 N–H and O–H groups in total. The molecule has 112 valence electrons. The Balaban J connectivity index is 1.60. The Labute approximate surface area is 138 Å². The summed E-state index contributed by atoms with van der Waals surface area (Å²) in [6.45, 7) is 3.78. The second-order valence-electron chi connectivity index (χ2n) is 6.28. The van der Waals surface area contributed by atoms with Crippen LogP contribution in [-0.2, 0) is 6.42 Å². The van der Waals surface area contributed by atoms with E-state index in [9.17, 15) is 0 Å². The van der Waals surface area contributed by atoms with Crippen LogP contribution in [0.25, 0.3) is 6.08 Å². The molecule has 0 spiro atoms. The second kappa shape index (κ2) is 5.66. The molecule has 1 aromatic carbocycles. The molecule has 2 radical (unpaired) electrons. The lowest BCUT2D eigenvalue weighted by Gasteiger charge is -2.29. The largest absolute Gasteiger partial charge is 0.361 e. The van der Waals surface area contributed by atoms with Crippen LogP contribution in [0, 0.1) is 0 Å². The lowest BCUT2D eigenvalue weighted by molar-refractivity contribution is 0.710. The monoisotopic (exact) mass is 298 g/mol. The third-order valence-electron chi connectivity index (χ3n) is 4.66. The molecule has 0 bridgehead atoms. The summed E-state index contributed by atoms with van der Waals surface area (Å²) in [5.74, 6) is 0.380. The minimum Gasteiger partial charge on any atom is -0.361 e. The summed E-state index contributed by atoms with van der Waals surface area (Å²) in [6.07, 6.45) is 10.8. The number of benzene rings is 1. The fourth-order valence-corrected chi connectivity index (χ4v) is 3.50. The lowest BCUT2D eigenvalue weighted by atomic mass is 9.90. The lowest BCUT2D eigenvalue weighted by Crippen LogP contribution is -2.30. The molecule has 2 aromatic rings. The highest BCUT2D eigenvalue weighted by Crippen LogP contribution is 2.39. The van der Waals surface area contributed by atoms with Crippen LogP contribution in [0.1, 0.15) is 29.3 Å². The van der Waals surface area contributed by atoms with Crippen LogP contribution in [0.5, 0.6) is 0 Å². The highest BCUT2D eigenvalue weighted by Gasteiger charge is 2.33. The molecule has 0 amide bonds. The smallest absolute Gasteiger partial charge is 0.106 e. The number of hydrogen-bond donors (Lipinski definition) is 1. The van der Waals surface area contributed by atoms with Gasteiger partial charge in [-0.1, -0.05) is 36.4 Å². The van der Waals surface area contributed by atoms with Gasteiger partial charge in [-0.05, 0) is 36.6 Å². The molecule has 2 unspecified atom stereocenters. The fourth-order valence-electron chi connectivity index (χ4n) is 3.50. The third-order valence-corrected chi connectivity index (χ3v) is 4.66. The summed E-state index contributed by atoms with van der Waals surface area (Å²) in [7, 11) is 5.69. The van der Waals surface area contributed by atoms with Gasteiger partial charge in [0.1, 0.15) is 7.85 Å². The Kier molecular flexibility index (Phi) is 3.49. The molecule has 4 rings (SSSR count). The van der Waals surface area contributed by atoms with Crippen LogP contribution >= 0.6 is 0 Å². The zero-order valence-corrected chi connectivity index (χ0v) is 13.1. The highest BCUT2D eigenvalue weighted by atomic mass is 15.2. The Morgan fingerprint density at radius 3 is 2.83 bits per heavy atom. The number of fused-ring (bicyclic) bond motifs is 3. The van der Waals surface area contributed by atoms with Crippen molar-refractivity contribution in [2.75, 3.05) is 4.90 Å².